The molecular weight excluding hydrogens is 228 g/mol. The fraction of sp³-hybridized carbons (Fsp3) is 0.700. The van der Waals surface area contributed by atoms with E-state index in [1.165, 1.54) is 0 Å². The van der Waals surface area contributed by atoms with Crippen LogP contribution in [0.15, 0.2) is 10.6 Å². The van der Waals surface area contributed by atoms with Gasteiger partial charge in [-0.05, 0) is 19.3 Å². The highest BCUT2D eigenvalue weighted by molar-refractivity contribution is 7.79. The van der Waals surface area contributed by atoms with E-state index in [1.807, 2.05) is 19.9 Å². The first kappa shape index (κ1) is 13.3. The van der Waals surface area contributed by atoms with E-state index < -0.39 is 11.1 Å². The maximum absolute atomic E-state index is 10.6. The molecule has 0 saturated carbocycles. The van der Waals surface area contributed by atoms with Crippen molar-refractivity contribution < 1.29 is 13.3 Å². The van der Waals surface area contributed by atoms with Crippen LogP contribution in [0.5, 0.6) is 0 Å². The van der Waals surface area contributed by atoms with E-state index in [1.54, 1.807) is 0 Å². The largest absolute Gasteiger partial charge is 0.361 e. The molecule has 3 unspecified atom stereocenters. The minimum atomic E-state index is -1.75. The van der Waals surface area contributed by atoms with Crippen LogP contribution in [0, 0.1) is 12.8 Å². The van der Waals surface area contributed by atoms with E-state index in [0.29, 0.717) is 12.8 Å². The second-order valence-electron chi connectivity index (χ2n) is 4.23. The van der Waals surface area contributed by atoms with Gasteiger partial charge in [-0.25, -0.2) is 4.21 Å². The van der Waals surface area contributed by atoms with Gasteiger partial charge < -0.3 is 14.8 Å². The SMILES string of the molecule is Cc1cc(CC(N)CC(C)CS(=O)O)on1. The van der Waals surface area contributed by atoms with Crippen LogP contribution in [-0.2, 0) is 17.5 Å². The lowest BCUT2D eigenvalue weighted by atomic mass is 10.0. The van der Waals surface area contributed by atoms with E-state index in [-0.39, 0.29) is 17.7 Å². The fourth-order valence-electron chi connectivity index (χ4n) is 1.68. The van der Waals surface area contributed by atoms with Crippen LogP contribution in [0.2, 0.25) is 0 Å². The molecule has 0 fully saturated rings. The zero-order chi connectivity index (χ0) is 12.1. The zero-order valence-electron chi connectivity index (χ0n) is 9.55. The van der Waals surface area contributed by atoms with Crippen LogP contribution in [0.4, 0.5) is 0 Å². The molecule has 0 aliphatic heterocycles. The third-order valence-corrected chi connectivity index (χ3v) is 3.13. The summed E-state index contributed by atoms with van der Waals surface area (Å²) in [6, 6.07) is 1.79. The summed E-state index contributed by atoms with van der Waals surface area (Å²) in [5, 5.41) is 3.78. The van der Waals surface area contributed by atoms with E-state index >= 15 is 0 Å². The average molecular weight is 246 g/mol. The Balaban J connectivity index is 2.35. The Labute approximate surface area is 97.7 Å². The van der Waals surface area contributed by atoms with Crippen LogP contribution in [0.1, 0.15) is 24.8 Å². The van der Waals surface area contributed by atoms with Crippen LogP contribution in [0.3, 0.4) is 0 Å². The summed E-state index contributed by atoms with van der Waals surface area (Å²) in [5.74, 6) is 1.16. The van der Waals surface area contributed by atoms with Crippen molar-refractivity contribution in [3.05, 3.63) is 17.5 Å². The van der Waals surface area contributed by atoms with Gasteiger partial charge in [-0.1, -0.05) is 12.1 Å². The maximum atomic E-state index is 10.6. The molecule has 3 atom stereocenters. The summed E-state index contributed by atoms with van der Waals surface area (Å²) in [4.78, 5) is 0. The van der Waals surface area contributed by atoms with Crippen molar-refractivity contribution in [2.24, 2.45) is 11.7 Å². The molecule has 1 heterocycles. The number of rotatable bonds is 6. The molecule has 1 aromatic heterocycles. The third kappa shape index (κ3) is 4.87. The van der Waals surface area contributed by atoms with Crippen LogP contribution in [-0.4, -0.2) is 25.7 Å². The number of hydrogen-bond donors (Lipinski definition) is 2. The van der Waals surface area contributed by atoms with Gasteiger partial charge in [-0.3, -0.25) is 0 Å². The van der Waals surface area contributed by atoms with E-state index in [4.69, 9.17) is 14.8 Å². The summed E-state index contributed by atoms with van der Waals surface area (Å²) in [7, 11) is 0. The first-order valence-corrected chi connectivity index (χ1v) is 6.50. The first-order valence-electron chi connectivity index (χ1n) is 5.22. The Morgan fingerprint density at radius 2 is 2.38 bits per heavy atom. The molecule has 16 heavy (non-hydrogen) atoms. The second-order valence-corrected chi connectivity index (χ2v) is 5.20. The normalized spacial score (nSPS) is 17.0. The first-order chi connectivity index (χ1) is 7.47. The minimum absolute atomic E-state index is 0.0640. The number of aryl methyl sites for hydroxylation is 1. The van der Waals surface area contributed by atoms with E-state index in [2.05, 4.69) is 5.16 Å². The van der Waals surface area contributed by atoms with Crippen molar-refractivity contribution in [1.29, 1.82) is 0 Å². The quantitative estimate of drug-likeness (QED) is 0.734. The van der Waals surface area contributed by atoms with Gasteiger partial charge in [0.05, 0.1) is 11.4 Å². The molecule has 3 N–H and O–H groups in total. The molecule has 0 aliphatic rings. The number of aromatic nitrogens is 1. The highest BCUT2D eigenvalue weighted by Crippen LogP contribution is 2.11. The van der Waals surface area contributed by atoms with Crippen molar-refractivity contribution in [3.63, 3.8) is 0 Å². The molecule has 1 aromatic rings. The fourth-order valence-corrected chi connectivity index (χ4v) is 2.31. The maximum Gasteiger partial charge on any atom is 0.153 e. The highest BCUT2D eigenvalue weighted by atomic mass is 32.2. The average Bonchev–Trinajstić information content (AvgIpc) is 2.48. The van der Waals surface area contributed by atoms with Gasteiger partial charge in [0, 0.05) is 18.5 Å². The van der Waals surface area contributed by atoms with Gasteiger partial charge in [0.25, 0.3) is 0 Å². The van der Waals surface area contributed by atoms with Crippen molar-refractivity contribution in [2.75, 3.05) is 5.75 Å². The molecule has 0 saturated heterocycles. The Bertz CT molecular complexity index is 354. The topological polar surface area (TPSA) is 89.4 Å². The molecule has 92 valence electrons. The van der Waals surface area contributed by atoms with Crippen molar-refractivity contribution in [3.8, 4) is 0 Å². The lowest BCUT2D eigenvalue weighted by Crippen LogP contribution is -2.26. The van der Waals surface area contributed by atoms with Gasteiger partial charge in [0.2, 0.25) is 0 Å². The molecule has 0 bridgehead atoms. The van der Waals surface area contributed by atoms with Crippen molar-refractivity contribution >= 4 is 11.1 Å². The van der Waals surface area contributed by atoms with Crippen LogP contribution >= 0.6 is 0 Å². The monoisotopic (exact) mass is 246 g/mol. The third-order valence-electron chi connectivity index (χ3n) is 2.27. The van der Waals surface area contributed by atoms with Gasteiger partial charge >= 0.3 is 0 Å². The zero-order valence-corrected chi connectivity index (χ0v) is 10.4. The predicted molar refractivity (Wildman–Crippen MR) is 62.3 cm³/mol. The van der Waals surface area contributed by atoms with Gasteiger partial charge in [-0.15, -0.1) is 0 Å². The number of nitrogens with zero attached hydrogens (tertiary/aromatic N) is 1. The van der Waals surface area contributed by atoms with Crippen LogP contribution < -0.4 is 5.73 Å². The van der Waals surface area contributed by atoms with Crippen molar-refractivity contribution in [1.82, 2.24) is 5.16 Å². The lowest BCUT2D eigenvalue weighted by molar-refractivity contribution is 0.361. The molecular formula is C10H18N2O3S. The van der Waals surface area contributed by atoms with Gasteiger partial charge in [0.1, 0.15) is 5.76 Å². The number of nitrogens with two attached hydrogens (primary N) is 1. The summed E-state index contributed by atoms with van der Waals surface area (Å²) >= 11 is -1.75. The summed E-state index contributed by atoms with van der Waals surface area (Å²) < 4.78 is 24.4. The van der Waals surface area contributed by atoms with Crippen LogP contribution in [0.25, 0.3) is 0 Å². The molecule has 0 aromatic carbocycles. The minimum Gasteiger partial charge on any atom is -0.361 e. The highest BCUT2D eigenvalue weighted by Gasteiger charge is 2.13. The Hall–Kier alpha value is -0.720. The lowest BCUT2D eigenvalue weighted by Gasteiger charge is -2.14. The Kier molecular flexibility index (Phi) is 5.11. The summed E-state index contributed by atoms with van der Waals surface area (Å²) in [6.07, 6.45) is 1.31. The molecule has 0 spiro atoms. The molecule has 1 rings (SSSR count). The Morgan fingerprint density at radius 3 is 2.88 bits per heavy atom. The summed E-state index contributed by atoms with van der Waals surface area (Å²) in [5.41, 5.74) is 6.76. The van der Waals surface area contributed by atoms with Crippen molar-refractivity contribution in [2.45, 2.75) is 32.7 Å². The molecule has 5 nitrogen and oxygen atoms in total. The number of hydrogen-bond acceptors (Lipinski definition) is 4. The van der Waals surface area contributed by atoms with E-state index in [0.717, 1.165) is 11.5 Å². The smallest absolute Gasteiger partial charge is 0.153 e. The molecule has 0 aliphatic carbocycles. The second kappa shape index (κ2) is 6.12. The molecule has 6 heteroatoms. The van der Waals surface area contributed by atoms with Gasteiger partial charge in [-0.2, -0.15) is 0 Å². The predicted octanol–water partition coefficient (Wildman–Crippen LogP) is 1.10. The van der Waals surface area contributed by atoms with Gasteiger partial charge in [0.15, 0.2) is 11.1 Å². The molecule has 0 radical (unpaired) electrons. The standard InChI is InChI=1S/C10H18N2O3S/c1-7(6-16(13)14)3-9(11)5-10-4-8(2)12-15-10/h4,7,9H,3,5-6,11H2,1-2H3,(H,13,14). The van der Waals surface area contributed by atoms with E-state index in [9.17, 15) is 4.21 Å². The molecule has 0 amide bonds. The Morgan fingerprint density at radius 1 is 1.69 bits per heavy atom. The summed E-state index contributed by atoms with van der Waals surface area (Å²) in [6.45, 7) is 3.77.